The molecule has 2 N–H and O–H groups in total. The number of rotatable bonds is 4. The molecule has 4 heterocycles. The number of carbonyl (C=O) groups excluding carboxylic acids is 1. The Morgan fingerprint density at radius 2 is 2.08 bits per heavy atom. The van der Waals surface area contributed by atoms with Crippen molar-refractivity contribution in [3.63, 3.8) is 0 Å². The number of imidazole rings is 1. The second-order valence-electron chi connectivity index (χ2n) is 7.56. The van der Waals surface area contributed by atoms with Crippen molar-refractivity contribution in [2.24, 2.45) is 23.5 Å². The number of nitrogens with two attached hydrogens (primary N) is 1. The zero-order valence-electron chi connectivity index (χ0n) is 14.4. The molecule has 0 spiro atoms. The number of primary amides is 1. The first-order valence-electron chi connectivity index (χ1n) is 8.48. The van der Waals surface area contributed by atoms with Gasteiger partial charge in [0.25, 0.3) is 0 Å². The molecule has 1 saturated carbocycles. The van der Waals surface area contributed by atoms with Crippen LogP contribution in [0.5, 0.6) is 5.75 Å². The Labute approximate surface area is 141 Å². The second kappa shape index (κ2) is 5.21. The lowest BCUT2D eigenvalue weighted by atomic mass is 9.60. The molecule has 128 valence electrons. The highest BCUT2D eigenvalue weighted by Crippen LogP contribution is 2.48. The molecule has 1 amide bonds. The summed E-state index contributed by atoms with van der Waals surface area (Å²) in [5.74, 6) is 2.53. The first-order chi connectivity index (χ1) is 11.4. The minimum Gasteiger partial charge on any atom is -0.494 e. The molecule has 3 aliphatic rings. The van der Waals surface area contributed by atoms with Gasteiger partial charge < -0.3 is 10.5 Å². The summed E-state index contributed by atoms with van der Waals surface area (Å²) >= 11 is 0. The zero-order chi connectivity index (χ0) is 17.1. The molecule has 2 atom stereocenters. The Kier molecular flexibility index (Phi) is 3.35. The zero-order valence-corrected chi connectivity index (χ0v) is 14.4. The van der Waals surface area contributed by atoms with Crippen LogP contribution in [0.15, 0.2) is 24.5 Å². The Morgan fingerprint density at radius 1 is 1.38 bits per heavy atom. The normalized spacial score (nSPS) is 27.0. The fraction of sp³-hybridized carbons (Fsp3) is 0.556. The van der Waals surface area contributed by atoms with Gasteiger partial charge in [0, 0.05) is 25.2 Å². The molecular formula is C18H24N4O2. The summed E-state index contributed by atoms with van der Waals surface area (Å²) < 4.78 is 7.54. The van der Waals surface area contributed by atoms with Crippen molar-refractivity contribution in [3.05, 3.63) is 30.4 Å². The van der Waals surface area contributed by atoms with Gasteiger partial charge in [0.1, 0.15) is 17.1 Å². The molecule has 1 aliphatic carbocycles. The second-order valence-corrected chi connectivity index (χ2v) is 7.56. The first-order valence-corrected chi connectivity index (χ1v) is 8.48. The minimum absolute atomic E-state index is 0.0640. The average molecular weight is 328 g/mol. The molecule has 2 aliphatic heterocycles. The van der Waals surface area contributed by atoms with E-state index < -0.39 is 0 Å². The molecule has 2 unspecified atom stereocenters. The van der Waals surface area contributed by atoms with Gasteiger partial charge in [-0.1, -0.05) is 0 Å². The number of ether oxygens (including phenoxy) is 1. The van der Waals surface area contributed by atoms with Gasteiger partial charge in [0.05, 0.1) is 18.8 Å². The Hall–Kier alpha value is -2.08. The van der Waals surface area contributed by atoms with Crippen molar-refractivity contribution in [1.29, 1.82) is 0 Å². The Bertz CT molecular complexity index is 785. The largest absolute Gasteiger partial charge is 0.494 e. The highest BCUT2D eigenvalue weighted by atomic mass is 16.5. The molecule has 5 rings (SSSR count). The third-order valence-corrected chi connectivity index (χ3v) is 5.95. The molecule has 24 heavy (non-hydrogen) atoms. The van der Waals surface area contributed by atoms with Gasteiger partial charge in [-0.05, 0) is 44.2 Å². The molecule has 2 saturated heterocycles. The number of carbonyl (C=O) groups is 1. The van der Waals surface area contributed by atoms with Crippen molar-refractivity contribution in [3.8, 4) is 5.75 Å². The number of piperidine rings is 2. The van der Waals surface area contributed by atoms with E-state index in [2.05, 4.69) is 23.1 Å². The molecule has 2 aromatic heterocycles. The summed E-state index contributed by atoms with van der Waals surface area (Å²) in [6.07, 6.45) is 5.02. The molecule has 0 radical (unpaired) electrons. The number of methoxy groups -OCH3 is 1. The summed E-state index contributed by atoms with van der Waals surface area (Å²) in [5, 5.41) is 0. The minimum atomic E-state index is -0.224. The van der Waals surface area contributed by atoms with Gasteiger partial charge in [-0.15, -0.1) is 0 Å². The van der Waals surface area contributed by atoms with Crippen LogP contribution < -0.4 is 10.5 Å². The lowest BCUT2D eigenvalue weighted by Crippen LogP contribution is -2.62. The van der Waals surface area contributed by atoms with E-state index in [1.54, 1.807) is 7.11 Å². The average Bonchev–Trinajstić information content (AvgIpc) is 2.99. The summed E-state index contributed by atoms with van der Waals surface area (Å²) in [6, 6.07) is 3.92. The van der Waals surface area contributed by atoms with Crippen molar-refractivity contribution in [2.45, 2.75) is 25.8 Å². The molecule has 6 heteroatoms. The third kappa shape index (κ3) is 2.05. The van der Waals surface area contributed by atoms with E-state index in [1.807, 2.05) is 24.5 Å². The van der Waals surface area contributed by atoms with Crippen LogP contribution in [0.3, 0.4) is 0 Å². The van der Waals surface area contributed by atoms with Gasteiger partial charge in [-0.25, -0.2) is 4.98 Å². The lowest BCUT2D eigenvalue weighted by Gasteiger charge is -2.56. The van der Waals surface area contributed by atoms with Gasteiger partial charge in [-0.3, -0.25) is 14.1 Å². The smallest absolute Gasteiger partial charge is 0.221 e. The molecule has 6 nitrogen and oxygen atoms in total. The van der Waals surface area contributed by atoms with E-state index in [4.69, 9.17) is 15.5 Å². The third-order valence-electron chi connectivity index (χ3n) is 5.95. The van der Waals surface area contributed by atoms with Crippen molar-refractivity contribution >= 4 is 11.4 Å². The summed E-state index contributed by atoms with van der Waals surface area (Å²) in [7, 11) is 1.68. The molecule has 3 fully saturated rings. The predicted octanol–water partition coefficient (Wildman–Crippen LogP) is 1.63. The maximum atomic E-state index is 11.6. The van der Waals surface area contributed by atoms with Crippen LogP contribution in [-0.2, 0) is 10.3 Å². The first kappa shape index (κ1) is 15.4. The number of pyridine rings is 1. The fourth-order valence-corrected chi connectivity index (χ4v) is 4.57. The van der Waals surface area contributed by atoms with Gasteiger partial charge in [0.2, 0.25) is 5.91 Å². The maximum Gasteiger partial charge on any atom is 0.221 e. The quantitative estimate of drug-likeness (QED) is 0.926. The van der Waals surface area contributed by atoms with Gasteiger partial charge in [0.15, 0.2) is 0 Å². The Morgan fingerprint density at radius 3 is 2.71 bits per heavy atom. The maximum absolute atomic E-state index is 11.6. The fourth-order valence-electron chi connectivity index (χ4n) is 4.57. The van der Waals surface area contributed by atoms with Crippen LogP contribution in [0.25, 0.3) is 5.52 Å². The monoisotopic (exact) mass is 328 g/mol. The van der Waals surface area contributed by atoms with Crippen LogP contribution in [0.4, 0.5) is 0 Å². The van der Waals surface area contributed by atoms with Gasteiger partial charge in [-0.2, -0.15) is 0 Å². The van der Waals surface area contributed by atoms with E-state index >= 15 is 0 Å². The number of amides is 1. The van der Waals surface area contributed by atoms with Crippen LogP contribution in [0.1, 0.15) is 26.1 Å². The molecule has 2 bridgehead atoms. The number of hydrogen-bond donors (Lipinski definition) is 1. The van der Waals surface area contributed by atoms with E-state index in [0.29, 0.717) is 11.8 Å². The SMILES string of the molecule is COc1cccn2c(C(C)(C)N3CC4CC(C3)C4C(N)=O)ncc12. The highest BCUT2D eigenvalue weighted by Gasteiger charge is 2.52. The van der Waals surface area contributed by atoms with Crippen LogP contribution in [-0.4, -0.2) is 40.4 Å². The Balaban J connectivity index is 1.66. The van der Waals surface area contributed by atoms with Crippen LogP contribution in [0.2, 0.25) is 0 Å². The van der Waals surface area contributed by atoms with Gasteiger partial charge >= 0.3 is 0 Å². The summed E-state index contributed by atoms with van der Waals surface area (Å²) in [5.41, 5.74) is 6.30. The van der Waals surface area contributed by atoms with E-state index in [-0.39, 0.29) is 17.4 Å². The van der Waals surface area contributed by atoms with Crippen LogP contribution in [0, 0.1) is 17.8 Å². The number of nitrogens with zero attached hydrogens (tertiary/aromatic N) is 3. The predicted molar refractivity (Wildman–Crippen MR) is 90.6 cm³/mol. The van der Waals surface area contributed by atoms with Crippen LogP contribution >= 0.6 is 0 Å². The topological polar surface area (TPSA) is 72.9 Å². The van der Waals surface area contributed by atoms with E-state index in [0.717, 1.165) is 36.6 Å². The standard InChI is InChI=1S/C18H24N4O2/c1-18(2,21-9-11-7-12(10-21)15(11)16(19)23)17-20-8-13-14(24-3)5-4-6-22(13)17/h4-6,8,11-12,15H,7,9-10H2,1-3H3,(H2,19,23). The van der Waals surface area contributed by atoms with E-state index in [9.17, 15) is 4.79 Å². The van der Waals surface area contributed by atoms with Crippen molar-refractivity contribution < 1.29 is 9.53 Å². The van der Waals surface area contributed by atoms with E-state index in [1.165, 1.54) is 0 Å². The number of hydrogen-bond acceptors (Lipinski definition) is 4. The highest BCUT2D eigenvalue weighted by molar-refractivity contribution is 5.78. The molecular weight excluding hydrogens is 304 g/mol. The molecule has 0 aromatic carbocycles. The molecule has 2 aromatic rings. The summed E-state index contributed by atoms with van der Waals surface area (Å²) in [4.78, 5) is 18.7. The summed E-state index contributed by atoms with van der Waals surface area (Å²) in [6.45, 7) is 6.20. The van der Waals surface area contributed by atoms with Crippen molar-refractivity contribution in [1.82, 2.24) is 14.3 Å². The number of fused-ring (bicyclic) bond motifs is 3. The lowest BCUT2D eigenvalue weighted by molar-refractivity contribution is -0.143. The van der Waals surface area contributed by atoms with Crippen molar-refractivity contribution in [2.75, 3.05) is 20.2 Å². The number of aromatic nitrogens is 2.